The van der Waals surface area contributed by atoms with E-state index in [-0.39, 0.29) is 5.75 Å². The van der Waals surface area contributed by atoms with Crippen LogP contribution in [0.2, 0.25) is 0 Å². The predicted molar refractivity (Wildman–Crippen MR) is 64.6 cm³/mol. The van der Waals surface area contributed by atoms with Gasteiger partial charge in [0.1, 0.15) is 0 Å². The van der Waals surface area contributed by atoms with Gasteiger partial charge in [0.2, 0.25) is 0 Å². The van der Waals surface area contributed by atoms with Gasteiger partial charge < -0.3 is 0 Å². The maximum absolute atomic E-state index is 11.8. The summed E-state index contributed by atoms with van der Waals surface area (Å²) in [6.07, 6.45) is 0. The van der Waals surface area contributed by atoms with Gasteiger partial charge in [-0.2, -0.15) is 0 Å². The van der Waals surface area contributed by atoms with Gasteiger partial charge in [-0.05, 0) is 13.0 Å². The van der Waals surface area contributed by atoms with E-state index in [2.05, 4.69) is 0 Å². The van der Waals surface area contributed by atoms with Crippen LogP contribution in [0.3, 0.4) is 0 Å². The quantitative estimate of drug-likeness (QED) is 0.616. The van der Waals surface area contributed by atoms with Crippen LogP contribution < -0.4 is 0 Å². The molecule has 0 bridgehead atoms. The smallest absolute Gasteiger partial charge is 0.197 e. The van der Waals surface area contributed by atoms with E-state index in [1.165, 1.54) is 6.92 Å². The molecule has 0 saturated carbocycles. The molecule has 0 heterocycles. The van der Waals surface area contributed by atoms with Gasteiger partial charge in [-0.25, -0.2) is 8.42 Å². The number of Topliss-reactive ketones (excluding diaryl/α,β-unsaturated/α-hetero) is 1. The van der Waals surface area contributed by atoms with Gasteiger partial charge in [0.05, 0.1) is 0 Å². The first-order valence-electron chi connectivity index (χ1n) is 4.85. The maximum Gasteiger partial charge on any atom is 0.197 e. The Balaban J connectivity index is 3.04. The summed E-state index contributed by atoms with van der Waals surface area (Å²) < 4.78 is 21.4. The van der Waals surface area contributed by atoms with Crippen LogP contribution in [-0.2, 0) is 9.84 Å². The average molecular weight is 261 g/mol. The van der Waals surface area contributed by atoms with Crippen molar-refractivity contribution in [2.45, 2.75) is 18.6 Å². The highest BCUT2D eigenvalue weighted by Gasteiger charge is 2.29. The molecule has 0 aliphatic rings. The number of aryl methyl sites for hydroxylation is 1. The Kier molecular flexibility index (Phi) is 4.10. The van der Waals surface area contributed by atoms with Gasteiger partial charge in [-0.15, -0.1) is 0 Å². The molecule has 0 radical (unpaired) electrons. The van der Waals surface area contributed by atoms with Crippen LogP contribution in [-0.4, -0.2) is 24.7 Å². The van der Waals surface area contributed by atoms with Crippen molar-refractivity contribution >= 4 is 27.2 Å². The van der Waals surface area contributed by atoms with E-state index in [0.717, 1.165) is 5.56 Å². The van der Waals surface area contributed by atoms with E-state index >= 15 is 0 Å². The number of ketones is 1. The summed E-state index contributed by atoms with van der Waals surface area (Å²) in [6.45, 7) is 3.29. The molecule has 1 aromatic rings. The fraction of sp³-hybridized carbons (Fsp3) is 0.364. The van der Waals surface area contributed by atoms with Crippen molar-refractivity contribution < 1.29 is 13.2 Å². The van der Waals surface area contributed by atoms with Crippen molar-refractivity contribution in [3.63, 3.8) is 0 Å². The zero-order valence-electron chi connectivity index (χ0n) is 9.10. The number of hydrogen-bond acceptors (Lipinski definition) is 3. The summed E-state index contributed by atoms with van der Waals surface area (Å²) in [5, 5.41) is 0. The molecule has 1 rings (SSSR count). The fourth-order valence-electron chi connectivity index (χ4n) is 1.24. The number of hydrogen-bond donors (Lipinski definition) is 0. The molecule has 0 unspecified atom stereocenters. The third-order valence-electron chi connectivity index (χ3n) is 2.23. The maximum atomic E-state index is 11.8. The average Bonchev–Trinajstić information content (AvgIpc) is 2.27. The highest BCUT2D eigenvalue weighted by molar-refractivity contribution is 7.94. The van der Waals surface area contributed by atoms with Crippen LogP contribution in [0.4, 0.5) is 0 Å². The minimum Gasteiger partial charge on any atom is -0.291 e. The van der Waals surface area contributed by atoms with Crippen molar-refractivity contribution in [3.8, 4) is 0 Å². The number of carbonyl (C=O) groups excluding carboxylic acids is 1. The standard InChI is InChI=1S/C11H13ClO3S/c1-3-16(14,15)11(12)10(13)9-6-4-5-8(2)7-9/h4-7,11H,3H2,1-2H3/t11-/m1/s1. The molecule has 0 fully saturated rings. The minimum absolute atomic E-state index is 0.140. The molecular weight excluding hydrogens is 248 g/mol. The lowest BCUT2D eigenvalue weighted by Gasteiger charge is -2.08. The zero-order chi connectivity index (χ0) is 12.3. The second-order valence-electron chi connectivity index (χ2n) is 3.50. The van der Waals surface area contributed by atoms with Gasteiger partial charge in [0.25, 0.3) is 0 Å². The van der Waals surface area contributed by atoms with Gasteiger partial charge >= 0.3 is 0 Å². The Morgan fingerprint density at radius 2 is 2.06 bits per heavy atom. The number of benzene rings is 1. The Morgan fingerprint density at radius 3 is 2.56 bits per heavy atom. The second kappa shape index (κ2) is 4.97. The lowest BCUT2D eigenvalue weighted by Crippen LogP contribution is -2.26. The topological polar surface area (TPSA) is 51.2 Å². The highest BCUT2D eigenvalue weighted by atomic mass is 35.5. The van der Waals surface area contributed by atoms with Crippen molar-refractivity contribution in [3.05, 3.63) is 35.4 Å². The van der Waals surface area contributed by atoms with E-state index in [1.54, 1.807) is 18.2 Å². The lowest BCUT2D eigenvalue weighted by molar-refractivity contribution is 0.101. The minimum atomic E-state index is -3.54. The van der Waals surface area contributed by atoms with Crippen LogP contribution in [0.5, 0.6) is 0 Å². The van der Waals surface area contributed by atoms with Gasteiger partial charge in [0, 0.05) is 11.3 Å². The molecule has 0 aliphatic carbocycles. The molecule has 0 N–H and O–H groups in total. The summed E-state index contributed by atoms with van der Waals surface area (Å²) in [6, 6.07) is 6.72. The van der Waals surface area contributed by atoms with Gasteiger partial charge in [0.15, 0.2) is 20.3 Å². The molecule has 0 aromatic heterocycles. The molecule has 0 amide bonds. The fourth-order valence-corrected chi connectivity index (χ4v) is 2.50. The molecule has 5 heteroatoms. The summed E-state index contributed by atoms with van der Waals surface area (Å²) in [5.41, 5.74) is 1.22. The van der Waals surface area contributed by atoms with Crippen LogP contribution in [0.1, 0.15) is 22.8 Å². The molecular formula is C11H13ClO3S. The second-order valence-corrected chi connectivity index (χ2v) is 6.57. The van der Waals surface area contributed by atoms with Crippen molar-refractivity contribution in [1.82, 2.24) is 0 Å². The number of carbonyl (C=O) groups is 1. The number of halogens is 1. The molecule has 88 valence electrons. The Labute approximate surface area is 100 Å². The normalized spacial score (nSPS) is 13.4. The highest BCUT2D eigenvalue weighted by Crippen LogP contribution is 2.16. The zero-order valence-corrected chi connectivity index (χ0v) is 10.7. The van der Waals surface area contributed by atoms with Crippen molar-refractivity contribution in [1.29, 1.82) is 0 Å². The summed E-state index contributed by atoms with van der Waals surface area (Å²) in [7, 11) is -3.54. The summed E-state index contributed by atoms with van der Waals surface area (Å²) >= 11 is 5.67. The Morgan fingerprint density at radius 1 is 1.44 bits per heavy atom. The third kappa shape index (κ3) is 2.83. The molecule has 0 spiro atoms. The lowest BCUT2D eigenvalue weighted by atomic mass is 10.1. The number of rotatable bonds is 4. The summed E-state index contributed by atoms with van der Waals surface area (Å²) in [5.74, 6) is -0.703. The van der Waals surface area contributed by atoms with Crippen molar-refractivity contribution in [2.24, 2.45) is 0 Å². The third-order valence-corrected chi connectivity index (χ3v) is 4.89. The van der Waals surface area contributed by atoms with Crippen molar-refractivity contribution in [2.75, 3.05) is 5.75 Å². The molecule has 1 aromatic carbocycles. The number of alkyl halides is 1. The summed E-state index contributed by atoms with van der Waals surface area (Å²) in [4.78, 5) is 11.8. The predicted octanol–water partition coefficient (Wildman–Crippen LogP) is 2.18. The van der Waals surface area contributed by atoms with Crippen LogP contribution in [0, 0.1) is 6.92 Å². The molecule has 16 heavy (non-hydrogen) atoms. The van der Waals surface area contributed by atoms with E-state index < -0.39 is 20.3 Å². The van der Waals surface area contributed by atoms with E-state index in [9.17, 15) is 13.2 Å². The largest absolute Gasteiger partial charge is 0.291 e. The van der Waals surface area contributed by atoms with Crippen LogP contribution in [0.25, 0.3) is 0 Å². The molecule has 0 aliphatic heterocycles. The van der Waals surface area contributed by atoms with E-state index in [4.69, 9.17) is 11.6 Å². The number of sulfone groups is 1. The first kappa shape index (κ1) is 13.2. The Bertz CT molecular complexity index is 494. The van der Waals surface area contributed by atoms with Gasteiger partial charge in [-0.1, -0.05) is 42.3 Å². The van der Waals surface area contributed by atoms with Gasteiger partial charge in [-0.3, -0.25) is 4.79 Å². The molecule has 0 saturated heterocycles. The monoisotopic (exact) mass is 260 g/mol. The van der Waals surface area contributed by atoms with E-state index in [1.807, 2.05) is 13.0 Å². The first-order valence-corrected chi connectivity index (χ1v) is 7.00. The SMILES string of the molecule is CCS(=O)(=O)[C@@H](Cl)C(=O)c1cccc(C)c1. The molecule has 1 atom stereocenters. The van der Waals surface area contributed by atoms with Crippen LogP contribution in [0.15, 0.2) is 24.3 Å². The van der Waals surface area contributed by atoms with E-state index in [0.29, 0.717) is 5.56 Å². The Hall–Kier alpha value is -0.870. The van der Waals surface area contributed by atoms with Crippen LogP contribution >= 0.6 is 11.6 Å². The first-order chi connectivity index (χ1) is 7.38. The molecule has 3 nitrogen and oxygen atoms in total.